The maximum Gasteiger partial charge on any atom is -1.00 e. The standard InChI is InChI=1S/C29H37.C14H11Cl.C5H5.2ClH.Zr/c1-21-14-13-15-22-20-27(6)25(4)18-10-9-16-23(25,2)24(3)17-11-12-19-26(24,5)29(27,8)28(21,22)7;1-11-2-4-12(5-3-11)10-13-6-8-14(15)9-7-13;1-2-4-5-3-1;;;/h9-20,22H,1-8H3;2-9H,1H3;1-3H,4H2;2*1H;/q;;;;;+2/p-2. The fraction of sp³-hybridized carbons (Fsp3) is 0.396. The first kappa shape index (κ1) is 39.7. The van der Waals surface area contributed by atoms with Crippen LogP contribution in [0.2, 0.25) is 8.65 Å². The van der Waals surface area contributed by atoms with Gasteiger partial charge in [-0.05, 0) is 0 Å². The Morgan fingerprint density at radius 1 is 0.635 bits per heavy atom. The number of hydrogen-bond acceptors (Lipinski definition) is 0. The number of allylic oxidation sites excluding steroid dienone is 16. The zero-order chi connectivity index (χ0) is 35.5. The molecule has 0 spiro atoms. The Bertz CT molecular complexity index is 2030. The Balaban J connectivity index is 0.00000232. The molecule has 0 saturated heterocycles. The number of fused-ring (bicyclic) bond motifs is 8. The molecule has 0 radical (unpaired) electrons. The predicted octanol–water partition coefficient (Wildman–Crippen LogP) is 6.93. The zero-order valence-corrected chi connectivity index (χ0v) is 36.9. The van der Waals surface area contributed by atoms with Gasteiger partial charge >= 0.3 is 316 Å². The summed E-state index contributed by atoms with van der Waals surface area (Å²) in [5, 5.41) is 0.798. The van der Waals surface area contributed by atoms with Crippen molar-refractivity contribution < 1.29 is 46.1 Å². The Labute approximate surface area is 338 Å². The molecule has 9 unspecified atom stereocenters. The summed E-state index contributed by atoms with van der Waals surface area (Å²) >= 11 is 3.64. The largest absolute Gasteiger partial charge is 1.00 e. The van der Waals surface area contributed by atoms with Crippen LogP contribution >= 0.6 is 11.6 Å². The molecule has 52 heavy (non-hydrogen) atoms. The van der Waals surface area contributed by atoms with Crippen molar-refractivity contribution in [3.63, 3.8) is 0 Å². The normalized spacial score (nSPS) is 40.4. The smallest absolute Gasteiger partial charge is 1.00 e. The van der Waals surface area contributed by atoms with Gasteiger partial charge in [-0.2, -0.15) is 0 Å². The van der Waals surface area contributed by atoms with Crippen molar-refractivity contribution in [2.45, 2.75) is 72.4 Å². The molecule has 2 aromatic carbocycles. The summed E-state index contributed by atoms with van der Waals surface area (Å²) in [5.41, 5.74) is 4.83. The minimum atomic E-state index is -2.98. The van der Waals surface area contributed by atoms with Gasteiger partial charge in [0.1, 0.15) is 0 Å². The molecule has 2 aromatic rings. The van der Waals surface area contributed by atoms with E-state index >= 15 is 0 Å². The van der Waals surface area contributed by atoms with Crippen LogP contribution in [0.5, 0.6) is 0 Å². The summed E-state index contributed by atoms with van der Waals surface area (Å²) in [6.07, 6.45) is 36.0. The fourth-order valence-corrected chi connectivity index (χ4v) is 24.6. The van der Waals surface area contributed by atoms with Gasteiger partial charge in [0.05, 0.1) is 0 Å². The number of rotatable bonds is 4. The average Bonchev–Trinajstić information content (AvgIpc) is 3.69. The van der Waals surface area contributed by atoms with Crippen LogP contribution in [0.15, 0.2) is 142 Å². The molecule has 270 valence electrons. The third-order valence-electron chi connectivity index (χ3n) is 16.7. The first-order valence-electron chi connectivity index (χ1n) is 18.7. The van der Waals surface area contributed by atoms with Crippen LogP contribution in [0.4, 0.5) is 0 Å². The van der Waals surface area contributed by atoms with E-state index < -0.39 is 21.3 Å². The van der Waals surface area contributed by atoms with Crippen molar-refractivity contribution in [1.82, 2.24) is 0 Å². The Hall–Kier alpha value is -2.02. The average molecular weight is 828 g/mol. The predicted molar refractivity (Wildman–Crippen MR) is 211 cm³/mol. The summed E-state index contributed by atoms with van der Waals surface area (Å²) in [6, 6.07) is 18.4. The van der Waals surface area contributed by atoms with Crippen molar-refractivity contribution in [2.75, 3.05) is 0 Å². The molecular formula is C48H53Cl3Zr. The van der Waals surface area contributed by atoms with Crippen LogP contribution in [0.25, 0.3) is 0 Å². The summed E-state index contributed by atoms with van der Waals surface area (Å²) in [7, 11) is 0. The van der Waals surface area contributed by atoms with Gasteiger partial charge in [0, 0.05) is 0 Å². The number of aryl methyl sites for hydroxylation is 1. The fourth-order valence-electron chi connectivity index (χ4n) is 13.2. The molecule has 6 aliphatic rings. The second kappa shape index (κ2) is 13.0. The second-order valence-electron chi connectivity index (χ2n) is 17.5. The molecule has 2 saturated carbocycles. The summed E-state index contributed by atoms with van der Waals surface area (Å²) in [4.78, 5) is 0. The SMILES string of the molecule is CC1=CC=CC2[CH](/[Zr+2]([C]3=CC=CC3)=[C](\c3ccc(C)cc3)c3ccc(Cl)cc3)C3(C)C4(C)C=CC=CC4(C)C4(C)C=CC=CC4(C)C3(C)C12C.[Cl-].[Cl-]. The number of benzene rings is 2. The first-order valence-corrected chi connectivity index (χ1v) is 22.9. The van der Waals surface area contributed by atoms with Crippen molar-refractivity contribution in [1.29, 1.82) is 0 Å². The molecule has 0 amide bonds. The molecule has 6 aliphatic carbocycles. The molecule has 2 fully saturated rings. The van der Waals surface area contributed by atoms with E-state index in [2.05, 4.69) is 196 Å². The van der Waals surface area contributed by atoms with Crippen LogP contribution in [0.1, 0.15) is 78.5 Å². The molecule has 0 nitrogen and oxygen atoms in total. The van der Waals surface area contributed by atoms with Crippen LogP contribution in [-0.2, 0) is 21.3 Å². The molecular weight excluding hydrogens is 774 g/mol. The molecule has 0 N–H and O–H groups in total. The van der Waals surface area contributed by atoms with E-state index in [9.17, 15) is 0 Å². The molecule has 8 rings (SSSR count). The van der Waals surface area contributed by atoms with Crippen LogP contribution in [-0.4, -0.2) is 3.21 Å². The van der Waals surface area contributed by atoms with E-state index in [4.69, 9.17) is 11.6 Å². The quantitative estimate of drug-likeness (QED) is 0.314. The topological polar surface area (TPSA) is 0 Å². The summed E-state index contributed by atoms with van der Waals surface area (Å²) in [6.45, 7) is 23.5. The van der Waals surface area contributed by atoms with Crippen molar-refractivity contribution in [2.24, 2.45) is 43.8 Å². The monoisotopic (exact) mass is 824 g/mol. The number of halogens is 3. The third kappa shape index (κ3) is 4.47. The number of hydrogen-bond donors (Lipinski definition) is 0. The van der Waals surface area contributed by atoms with Gasteiger partial charge in [-0.3, -0.25) is 0 Å². The van der Waals surface area contributed by atoms with Crippen LogP contribution < -0.4 is 24.8 Å². The Morgan fingerprint density at radius 2 is 1.15 bits per heavy atom. The van der Waals surface area contributed by atoms with Gasteiger partial charge in [0.15, 0.2) is 0 Å². The van der Waals surface area contributed by atoms with E-state index in [1.165, 1.54) is 16.7 Å². The third-order valence-corrected chi connectivity index (χ3v) is 26.1. The molecule has 0 heterocycles. The molecule has 9 atom stereocenters. The van der Waals surface area contributed by atoms with E-state index in [1.807, 2.05) is 0 Å². The van der Waals surface area contributed by atoms with Gasteiger partial charge in [-0.15, -0.1) is 0 Å². The van der Waals surface area contributed by atoms with Crippen molar-refractivity contribution in [3.8, 4) is 0 Å². The Morgan fingerprint density at radius 3 is 1.71 bits per heavy atom. The Kier molecular flexibility index (Phi) is 9.95. The summed E-state index contributed by atoms with van der Waals surface area (Å²) < 4.78 is 3.81. The molecule has 0 aliphatic heterocycles. The minimum Gasteiger partial charge on any atom is -1.00 e. The van der Waals surface area contributed by atoms with Crippen molar-refractivity contribution in [3.05, 3.63) is 164 Å². The van der Waals surface area contributed by atoms with Crippen molar-refractivity contribution >= 4 is 14.8 Å². The molecule has 0 aromatic heterocycles. The van der Waals surface area contributed by atoms with Gasteiger partial charge in [0.25, 0.3) is 0 Å². The first-order chi connectivity index (χ1) is 23.7. The van der Waals surface area contributed by atoms with Crippen LogP contribution in [0.3, 0.4) is 0 Å². The van der Waals surface area contributed by atoms with Gasteiger partial charge in [0.2, 0.25) is 0 Å². The molecule has 0 bridgehead atoms. The minimum absolute atomic E-state index is 0. The molecule has 4 heteroatoms. The van der Waals surface area contributed by atoms with Gasteiger partial charge in [-0.1, -0.05) is 0 Å². The zero-order valence-electron chi connectivity index (χ0n) is 32.2. The second-order valence-corrected chi connectivity index (χ2v) is 24.3. The van der Waals surface area contributed by atoms with E-state index in [1.54, 1.807) is 12.1 Å². The van der Waals surface area contributed by atoms with Gasteiger partial charge < -0.3 is 24.8 Å². The van der Waals surface area contributed by atoms with E-state index in [0.717, 1.165) is 11.4 Å². The van der Waals surface area contributed by atoms with E-state index in [-0.39, 0.29) is 62.7 Å². The van der Waals surface area contributed by atoms with Crippen LogP contribution in [0, 0.1) is 50.7 Å². The summed E-state index contributed by atoms with van der Waals surface area (Å²) in [5.74, 6) is 0.394. The van der Waals surface area contributed by atoms with Gasteiger partial charge in [-0.25, -0.2) is 0 Å². The maximum atomic E-state index is 6.62. The maximum absolute atomic E-state index is 6.62. The van der Waals surface area contributed by atoms with E-state index in [0.29, 0.717) is 9.54 Å².